The maximum absolute atomic E-state index is 13.5. The second-order valence-corrected chi connectivity index (χ2v) is 4.41. The van der Waals surface area contributed by atoms with E-state index in [9.17, 15) is 4.39 Å². The Balaban J connectivity index is 2.81. The topological polar surface area (TPSA) is 9.23 Å². The lowest BCUT2D eigenvalue weighted by Gasteiger charge is -2.07. The van der Waals surface area contributed by atoms with E-state index in [4.69, 9.17) is 16.3 Å². The summed E-state index contributed by atoms with van der Waals surface area (Å²) in [5, 5.41) is 0.422. The molecular formula is C11H11BrClFO. The molecule has 0 amide bonds. The normalized spacial score (nSPS) is 10.1. The lowest BCUT2D eigenvalue weighted by Crippen LogP contribution is -1.95. The molecule has 0 fully saturated rings. The first-order chi connectivity index (χ1) is 7.04. The number of ether oxygens (including phenoxy) is 1. The van der Waals surface area contributed by atoms with Crippen molar-refractivity contribution < 1.29 is 9.13 Å². The molecule has 0 N–H and O–H groups in total. The molecular weight excluding hydrogens is 282 g/mol. The van der Waals surface area contributed by atoms with E-state index < -0.39 is 0 Å². The Morgan fingerprint density at radius 3 is 2.80 bits per heavy atom. The Morgan fingerprint density at radius 2 is 2.27 bits per heavy atom. The largest absolute Gasteiger partial charge is 0.502 e. The highest BCUT2D eigenvalue weighted by Gasteiger charge is 2.09. The molecule has 1 rings (SSSR count). The number of methoxy groups -OCH3 is 1. The van der Waals surface area contributed by atoms with Gasteiger partial charge in [-0.1, -0.05) is 34.1 Å². The Bertz CT molecular complexity index is 356. The molecule has 4 heteroatoms. The molecule has 0 aliphatic rings. The van der Waals surface area contributed by atoms with E-state index in [1.807, 2.05) is 0 Å². The predicted molar refractivity (Wildman–Crippen MR) is 63.6 cm³/mol. The number of rotatable bonds is 4. The minimum absolute atomic E-state index is 0.307. The third-order valence-electron chi connectivity index (χ3n) is 2.05. The molecule has 1 nitrogen and oxygen atoms in total. The minimum Gasteiger partial charge on any atom is -0.502 e. The average molecular weight is 294 g/mol. The summed E-state index contributed by atoms with van der Waals surface area (Å²) in [5.41, 5.74) is 0.498. The number of benzene rings is 1. The second kappa shape index (κ2) is 5.52. The molecule has 0 heterocycles. The summed E-state index contributed by atoms with van der Waals surface area (Å²) in [4.78, 5) is 0. The molecule has 1 aromatic carbocycles. The summed E-state index contributed by atoms with van der Waals surface area (Å²) in [7, 11) is 1.54. The molecule has 0 saturated carbocycles. The zero-order chi connectivity index (χ0) is 11.4. The van der Waals surface area contributed by atoms with Crippen LogP contribution < -0.4 is 0 Å². The van der Waals surface area contributed by atoms with Gasteiger partial charge in [-0.25, -0.2) is 4.39 Å². The van der Waals surface area contributed by atoms with Crippen LogP contribution >= 0.6 is 27.5 Å². The van der Waals surface area contributed by atoms with E-state index in [1.54, 1.807) is 13.2 Å². The smallest absolute Gasteiger partial charge is 0.129 e. The monoisotopic (exact) mass is 292 g/mol. The summed E-state index contributed by atoms with van der Waals surface area (Å²) in [6.45, 7) is 3.67. The number of halogens is 3. The Morgan fingerprint density at radius 1 is 1.60 bits per heavy atom. The van der Waals surface area contributed by atoms with Gasteiger partial charge in [0.2, 0.25) is 0 Å². The highest BCUT2D eigenvalue weighted by Crippen LogP contribution is 2.26. The van der Waals surface area contributed by atoms with E-state index in [0.29, 0.717) is 33.7 Å². The molecule has 0 radical (unpaired) electrons. The van der Waals surface area contributed by atoms with Gasteiger partial charge >= 0.3 is 0 Å². The number of allylic oxidation sites excluding steroid dienone is 1. The van der Waals surface area contributed by atoms with Gasteiger partial charge in [-0.15, -0.1) is 0 Å². The van der Waals surface area contributed by atoms with E-state index >= 15 is 0 Å². The Kier molecular flexibility index (Phi) is 4.61. The number of hydrogen-bond donors (Lipinski definition) is 0. The summed E-state index contributed by atoms with van der Waals surface area (Å²) >= 11 is 9.10. The lowest BCUT2D eigenvalue weighted by atomic mass is 10.1. The first-order valence-corrected chi connectivity index (χ1v) is 5.57. The van der Waals surface area contributed by atoms with Crippen LogP contribution in [0.15, 0.2) is 28.9 Å². The molecule has 82 valence electrons. The van der Waals surface area contributed by atoms with E-state index in [-0.39, 0.29) is 5.82 Å². The van der Waals surface area contributed by atoms with Crippen LogP contribution in [0.25, 0.3) is 0 Å². The molecule has 0 atom stereocenters. The van der Waals surface area contributed by atoms with Crippen LogP contribution in [0.1, 0.15) is 12.0 Å². The fourth-order valence-corrected chi connectivity index (χ4v) is 2.04. The van der Waals surface area contributed by atoms with Gasteiger partial charge in [-0.05, 0) is 18.6 Å². The van der Waals surface area contributed by atoms with Crippen LogP contribution in [0.4, 0.5) is 4.39 Å². The van der Waals surface area contributed by atoms with Crippen molar-refractivity contribution >= 4 is 27.5 Å². The van der Waals surface area contributed by atoms with Crippen molar-refractivity contribution in [2.75, 3.05) is 7.11 Å². The van der Waals surface area contributed by atoms with Crippen molar-refractivity contribution in [2.24, 2.45) is 0 Å². The SMILES string of the molecule is C=C(CCc1c(F)cc(Br)cc1Cl)OC. The van der Waals surface area contributed by atoms with Crippen LogP contribution in [0, 0.1) is 5.82 Å². The van der Waals surface area contributed by atoms with Crippen LogP contribution in [0.2, 0.25) is 5.02 Å². The van der Waals surface area contributed by atoms with Gasteiger partial charge in [-0.3, -0.25) is 0 Å². The van der Waals surface area contributed by atoms with Gasteiger partial charge in [0.15, 0.2) is 0 Å². The lowest BCUT2D eigenvalue weighted by molar-refractivity contribution is 0.279. The van der Waals surface area contributed by atoms with Crippen LogP contribution in [0.3, 0.4) is 0 Å². The first-order valence-electron chi connectivity index (χ1n) is 4.39. The Hall–Kier alpha value is -0.540. The van der Waals surface area contributed by atoms with Crippen LogP contribution in [-0.2, 0) is 11.2 Å². The van der Waals surface area contributed by atoms with Crippen LogP contribution in [-0.4, -0.2) is 7.11 Å². The van der Waals surface area contributed by atoms with E-state index in [0.717, 1.165) is 0 Å². The zero-order valence-electron chi connectivity index (χ0n) is 8.32. The van der Waals surface area contributed by atoms with E-state index in [1.165, 1.54) is 6.07 Å². The minimum atomic E-state index is -0.307. The van der Waals surface area contributed by atoms with Crippen LogP contribution in [0.5, 0.6) is 0 Å². The fourth-order valence-electron chi connectivity index (χ4n) is 1.18. The maximum atomic E-state index is 13.5. The first kappa shape index (κ1) is 12.5. The second-order valence-electron chi connectivity index (χ2n) is 3.09. The summed E-state index contributed by atoms with van der Waals surface area (Å²) in [6, 6.07) is 3.08. The molecule has 0 bridgehead atoms. The third-order valence-corrected chi connectivity index (χ3v) is 2.84. The van der Waals surface area contributed by atoms with Gasteiger partial charge in [0.25, 0.3) is 0 Å². The molecule has 0 aliphatic carbocycles. The Labute approximate surface area is 102 Å². The highest BCUT2D eigenvalue weighted by molar-refractivity contribution is 9.10. The van der Waals surface area contributed by atoms with Gasteiger partial charge in [0, 0.05) is 21.5 Å². The number of hydrogen-bond acceptors (Lipinski definition) is 1. The van der Waals surface area contributed by atoms with Gasteiger partial charge in [-0.2, -0.15) is 0 Å². The molecule has 0 saturated heterocycles. The van der Waals surface area contributed by atoms with Gasteiger partial charge in [0.1, 0.15) is 5.82 Å². The fraction of sp³-hybridized carbons (Fsp3) is 0.273. The van der Waals surface area contributed by atoms with Crippen molar-refractivity contribution in [1.29, 1.82) is 0 Å². The summed E-state index contributed by atoms with van der Waals surface area (Å²) < 4.78 is 19.0. The molecule has 0 aliphatic heterocycles. The van der Waals surface area contributed by atoms with Crippen molar-refractivity contribution in [2.45, 2.75) is 12.8 Å². The zero-order valence-corrected chi connectivity index (χ0v) is 10.7. The van der Waals surface area contributed by atoms with E-state index in [2.05, 4.69) is 22.5 Å². The van der Waals surface area contributed by atoms with Crippen molar-refractivity contribution in [3.63, 3.8) is 0 Å². The molecule has 0 spiro atoms. The molecule has 15 heavy (non-hydrogen) atoms. The van der Waals surface area contributed by atoms with Gasteiger partial charge in [0.05, 0.1) is 12.9 Å². The van der Waals surface area contributed by atoms with Crippen molar-refractivity contribution in [1.82, 2.24) is 0 Å². The molecule has 1 aromatic rings. The van der Waals surface area contributed by atoms with Gasteiger partial charge < -0.3 is 4.74 Å². The summed E-state index contributed by atoms with van der Waals surface area (Å²) in [5.74, 6) is 0.312. The van der Waals surface area contributed by atoms with Crippen molar-refractivity contribution in [3.8, 4) is 0 Å². The third kappa shape index (κ3) is 3.50. The van der Waals surface area contributed by atoms with Crippen molar-refractivity contribution in [3.05, 3.63) is 45.3 Å². The predicted octanol–water partition coefficient (Wildman–Crippen LogP) is 4.33. The molecule has 0 aromatic heterocycles. The summed E-state index contributed by atoms with van der Waals surface area (Å²) in [6.07, 6.45) is 1.05. The standard InChI is InChI=1S/C11H11BrClFO/c1-7(15-2)3-4-9-10(13)5-8(12)6-11(9)14/h5-6H,1,3-4H2,2H3. The molecule has 0 unspecified atom stereocenters. The highest BCUT2D eigenvalue weighted by atomic mass is 79.9. The quantitative estimate of drug-likeness (QED) is 0.751. The maximum Gasteiger partial charge on any atom is 0.129 e. The average Bonchev–Trinajstić information content (AvgIpc) is 2.15.